The Morgan fingerprint density at radius 3 is 2.44 bits per heavy atom. The van der Waals surface area contributed by atoms with Crippen LogP contribution in [0.4, 0.5) is 5.69 Å². The number of carbonyl (C=O) groups excluding carboxylic acids is 4. The Balaban J connectivity index is 1.88. The summed E-state index contributed by atoms with van der Waals surface area (Å²) in [6, 6.07) is 16.1. The lowest BCUT2D eigenvalue weighted by Crippen LogP contribution is -2.44. The highest BCUT2D eigenvalue weighted by Crippen LogP contribution is 2.40. The molecule has 1 aliphatic heterocycles. The van der Waals surface area contributed by atoms with Gasteiger partial charge in [0.05, 0.1) is 29.5 Å². The molecule has 1 aliphatic rings. The molecule has 2 aromatic carbocycles. The molecule has 1 heterocycles. The number of ketones is 1. The molecule has 0 bridgehead atoms. The maximum atomic E-state index is 13.0. The molecule has 0 saturated carbocycles. The number of hydrogen-bond acceptors (Lipinski definition) is 7. The number of nitriles is 1. The van der Waals surface area contributed by atoms with Crippen LogP contribution in [0.1, 0.15) is 54.1 Å². The number of amides is 2. The van der Waals surface area contributed by atoms with Crippen LogP contribution in [0.25, 0.3) is 0 Å². The van der Waals surface area contributed by atoms with E-state index >= 15 is 0 Å². The molecule has 2 unspecified atom stereocenters. The third-order valence-corrected chi connectivity index (χ3v) is 6.86. The summed E-state index contributed by atoms with van der Waals surface area (Å²) in [5.41, 5.74) is 2.82. The molecule has 8 nitrogen and oxygen atoms in total. The SMILES string of the molecule is COC(=O)C1C(=O)NC(SCC(=O)Nc2cccc(C(C)=O)c2)=C(C#N)C1c1ccc(C(C)C)cc1. The van der Waals surface area contributed by atoms with Crippen molar-refractivity contribution < 1.29 is 23.9 Å². The minimum atomic E-state index is -1.23. The van der Waals surface area contributed by atoms with Crippen LogP contribution >= 0.6 is 11.8 Å². The van der Waals surface area contributed by atoms with Crippen molar-refractivity contribution in [2.75, 3.05) is 18.2 Å². The van der Waals surface area contributed by atoms with Crippen molar-refractivity contribution in [3.05, 3.63) is 75.8 Å². The van der Waals surface area contributed by atoms with Crippen molar-refractivity contribution in [1.82, 2.24) is 5.32 Å². The molecule has 2 atom stereocenters. The van der Waals surface area contributed by atoms with Crippen LogP contribution in [0.15, 0.2) is 59.1 Å². The van der Waals surface area contributed by atoms with Gasteiger partial charge in [-0.3, -0.25) is 19.2 Å². The molecule has 3 rings (SSSR count). The van der Waals surface area contributed by atoms with Crippen molar-refractivity contribution >= 4 is 41.0 Å². The first kappa shape index (κ1) is 26.7. The van der Waals surface area contributed by atoms with Gasteiger partial charge in [-0.1, -0.05) is 62.0 Å². The number of hydrogen-bond donors (Lipinski definition) is 2. The van der Waals surface area contributed by atoms with Gasteiger partial charge in [0, 0.05) is 17.2 Å². The number of nitrogens with zero attached hydrogens (tertiary/aromatic N) is 1. The van der Waals surface area contributed by atoms with Gasteiger partial charge in [0.1, 0.15) is 5.92 Å². The first-order chi connectivity index (χ1) is 17.2. The predicted octanol–water partition coefficient (Wildman–Crippen LogP) is 4.12. The summed E-state index contributed by atoms with van der Waals surface area (Å²) in [6.07, 6.45) is 0. The van der Waals surface area contributed by atoms with Crippen molar-refractivity contribution in [2.45, 2.75) is 32.6 Å². The molecule has 2 amide bonds. The Labute approximate surface area is 214 Å². The van der Waals surface area contributed by atoms with Gasteiger partial charge in [-0.2, -0.15) is 5.26 Å². The van der Waals surface area contributed by atoms with Crippen LogP contribution in [0.2, 0.25) is 0 Å². The van der Waals surface area contributed by atoms with E-state index in [-0.39, 0.29) is 34.0 Å². The van der Waals surface area contributed by atoms with E-state index in [1.165, 1.54) is 14.0 Å². The first-order valence-electron chi connectivity index (χ1n) is 11.3. The fourth-order valence-electron chi connectivity index (χ4n) is 3.92. The van der Waals surface area contributed by atoms with Crippen LogP contribution in [-0.4, -0.2) is 36.4 Å². The summed E-state index contributed by atoms with van der Waals surface area (Å²) in [5, 5.41) is 15.6. The van der Waals surface area contributed by atoms with Gasteiger partial charge >= 0.3 is 5.97 Å². The van der Waals surface area contributed by atoms with Crippen LogP contribution in [0.5, 0.6) is 0 Å². The minimum Gasteiger partial charge on any atom is -0.468 e. The zero-order chi connectivity index (χ0) is 26.4. The van der Waals surface area contributed by atoms with Gasteiger partial charge in [0.25, 0.3) is 0 Å². The Hall–Kier alpha value is -3.90. The van der Waals surface area contributed by atoms with Gasteiger partial charge in [-0.15, -0.1) is 0 Å². The van der Waals surface area contributed by atoms with Gasteiger partial charge in [0.15, 0.2) is 5.78 Å². The molecule has 2 N–H and O–H groups in total. The van der Waals surface area contributed by atoms with Crippen molar-refractivity contribution in [2.24, 2.45) is 5.92 Å². The second-order valence-corrected chi connectivity index (χ2v) is 9.60. The summed E-state index contributed by atoms with van der Waals surface area (Å²) in [5.74, 6) is -3.75. The minimum absolute atomic E-state index is 0.104. The van der Waals surface area contributed by atoms with Crippen LogP contribution in [-0.2, 0) is 19.1 Å². The molecule has 9 heteroatoms. The summed E-state index contributed by atoms with van der Waals surface area (Å²) in [4.78, 5) is 49.7. The van der Waals surface area contributed by atoms with E-state index in [0.29, 0.717) is 16.8 Å². The lowest BCUT2D eigenvalue weighted by atomic mass is 9.78. The van der Waals surface area contributed by atoms with Crippen LogP contribution in [0.3, 0.4) is 0 Å². The number of allylic oxidation sites excluding steroid dienone is 1. The number of methoxy groups -OCH3 is 1. The van der Waals surface area contributed by atoms with Crippen LogP contribution < -0.4 is 10.6 Å². The molecule has 0 saturated heterocycles. The molecule has 0 aromatic heterocycles. The van der Waals surface area contributed by atoms with E-state index in [2.05, 4.69) is 30.6 Å². The van der Waals surface area contributed by atoms with Gasteiger partial charge in [0.2, 0.25) is 11.8 Å². The summed E-state index contributed by atoms with van der Waals surface area (Å²) >= 11 is 0.994. The third kappa shape index (κ3) is 6.01. The Kier molecular flexibility index (Phi) is 8.67. The number of esters is 1. The number of Topliss-reactive ketones (excluding diaryl/α,β-unsaturated/α-hetero) is 1. The topological polar surface area (TPSA) is 125 Å². The standard InChI is InChI=1S/C27H27N3O5S/c1-15(2)17-8-10-18(11-9-17)23-21(13-28)26(30-25(33)24(23)27(34)35-4)36-14-22(32)29-20-7-5-6-19(12-20)16(3)31/h5-12,15,23-24H,14H2,1-4H3,(H,29,32)(H,30,33). The number of thioether (sulfide) groups is 1. The summed E-state index contributed by atoms with van der Waals surface area (Å²) < 4.78 is 4.87. The number of anilines is 1. The Morgan fingerprint density at radius 1 is 1.17 bits per heavy atom. The number of benzene rings is 2. The maximum absolute atomic E-state index is 13.0. The molecule has 0 spiro atoms. The van der Waals surface area contributed by atoms with Crippen molar-refractivity contribution in [3.63, 3.8) is 0 Å². The average molecular weight is 506 g/mol. The highest BCUT2D eigenvalue weighted by atomic mass is 32.2. The Morgan fingerprint density at radius 2 is 1.86 bits per heavy atom. The number of carbonyl (C=O) groups is 4. The van der Waals surface area contributed by atoms with E-state index in [1.807, 2.05) is 24.3 Å². The van der Waals surface area contributed by atoms with E-state index in [1.54, 1.807) is 24.3 Å². The zero-order valence-electron chi connectivity index (χ0n) is 20.5. The molecule has 0 fully saturated rings. The van der Waals surface area contributed by atoms with E-state index in [4.69, 9.17) is 4.74 Å². The normalized spacial score (nSPS) is 17.3. The van der Waals surface area contributed by atoms with Gasteiger partial charge in [-0.25, -0.2) is 0 Å². The first-order valence-corrected chi connectivity index (χ1v) is 12.3. The smallest absolute Gasteiger partial charge is 0.319 e. The second kappa shape index (κ2) is 11.7. The lowest BCUT2D eigenvalue weighted by Gasteiger charge is -2.31. The van der Waals surface area contributed by atoms with E-state index < -0.39 is 23.7 Å². The van der Waals surface area contributed by atoms with Crippen molar-refractivity contribution in [3.8, 4) is 6.07 Å². The number of nitrogens with one attached hydrogen (secondary N) is 2. The average Bonchev–Trinajstić information content (AvgIpc) is 2.86. The molecule has 36 heavy (non-hydrogen) atoms. The molecular weight excluding hydrogens is 478 g/mol. The predicted molar refractivity (Wildman–Crippen MR) is 137 cm³/mol. The second-order valence-electron chi connectivity index (χ2n) is 8.62. The third-order valence-electron chi connectivity index (χ3n) is 5.85. The fraction of sp³-hybridized carbons (Fsp3) is 0.296. The van der Waals surface area contributed by atoms with Gasteiger partial charge < -0.3 is 15.4 Å². The lowest BCUT2D eigenvalue weighted by molar-refractivity contribution is -0.150. The monoisotopic (exact) mass is 505 g/mol. The Bertz CT molecular complexity index is 1260. The molecular formula is C27H27N3O5S. The maximum Gasteiger partial charge on any atom is 0.319 e. The summed E-state index contributed by atoms with van der Waals surface area (Å²) in [6.45, 7) is 5.54. The number of rotatable bonds is 8. The van der Waals surface area contributed by atoms with E-state index in [0.717, 1.165) is 17.3 Å². The molecule has 186 valence electrons. The highest BCUT2D eigenvalue weighted by Gasteiger charge is 2.44. The van der Waals surface area contributed by atoms with Crippen LogP contribution in [0, 0.1) is 17.2 Å². The van der Waals surface area contributed by atoms with Crippen molar-refractivity contribution in [1.29, 1.82) is 5.26 Å². The molecule has 0 radical (unpaired) electrons. The molecule has 2 aromatic rings. The fourth-order valence-corrected chi connectivity index (χ4v) is 4.77. The molecule has 0 aliphatic carbocycles. The number of ether oxygens (including phenoxy) is 1. The highest BCUT2D eigenvalue weighted by molar-refractivity contribution is 8.03. The van der Waals surface area contributed by atoms with Gasteiger partial charge in [-0.05, 0) is 36.1 Å². The largest absolute Gasteiger partial charge is 0.468 e. The quantitative estimate of drug-likeness (QED) is 0.314. The summed E-state index contributed by atoms with van der Waals surface area (Å²) in [7, 11) is 1.19. The van der Waals surface area contributed by atoms with E-state index in [9.17, 15) is 24.4 Å². The zero-order valence-corrected chi connectivity index (χ0v) is 21.3.